The van der Waals surface area contributed by atoms with Gasteiger partial charge in [0, 0.05) is 19.6 Å². The Labute approximate surface area is 212 Å². The maximum absolute atomic E-state index is 13.4. The van der Waals surface area contributed by atoms with E-state index in [2.05, 4.69) is 40.5 Å². The summed E-state index contributed by atoms with van der Waals surface area (Å²) >= 11 is 5.69. The number of nitrogens with one attached hydrogen (secondary N) is 1. The quantitative estimate of drug-likeness (QED) is 0.538. The van der Waals surface area contributed by atoms with Crippen molar-refractivity contribution in [3.05, 3.63) is 66.0 Å². The second-order valence-electron chi connectivity index (χ2n) is 9.27. The number of piperidine rings is 1. The van der Waals surface area contributed by atoms with Crippen LogP contribution < -0.4 is 10.2 Å². The fourth-order valence-corrected chi connectivity index (χ4v) is 5.38. The summed E-state index contributed by atoms with van der Waals surface area (Å²) in [6, 6.07) is 15.7. The summed E-state index contributed by atoms with van der Waals surface area (Å²) in [7, 11) is 0. The zero-order valence-electron chi connectivity index (χ0n) is 20.2. The Balaban J connectivity index is 1.38. The molecule has 2 amide bonds. The molecule has 0 spiro atoms. The number of anilines is 1. The van der Waals surface area contributed by atoms with Crippen LogP contribution in [0.15, 0.2) is 54.6 Å². The van der Waals surface area contributed by atoms with Crippen molar-refractivity contribution in [2.24, 2.45) is 5.92 Å². The number of benzene rings is 2. The van der Waals surface area contributed by atoms with Crippen molar-refractivity contribution < 1.29 is 14.0 Å². The van der Waals surface area contributed by atoms with Crippen molar-refractivity contribution in [1.82, 2.24) is 15.1 Å². The standard InChI is InChI=1S/C27H33FN4O2S/c1-2-29-25(33)19-24-26(34)32(23-10-8-22(28)9-11-23)27(35)31(24)17-16-30-14-12-21(13-15-30)18-20-6-4-3-5-7-20/h3-11,21,24H,2,12-19H2,1H3,(H,29,33)/t24-/m1/s1. The van der Waals surface area contributed by atoms with Crippen LogP contribution in [0.5, 0.6) is 0 Å². The van der Waals surface area contributed by atoms with Gasteiger partial charge in [-0.3, -0.25) is 14.5 Å². The fraction of sp³-hybridized carbons (Fsp3) is 0.444. The van der Waals surface area contributed by atoms with Gasteiger partial charge < -0.3 is 15.1 Å². The molecule has 2 fully saturated rings. The Hall–Kier alpha value is -2.84. The number of amides is 2. The van der Waals surface area contributed by atoms with E-state index in [1.54, 1.807) is 12.1 Å². The molecule has 0 bridgehead atoms. The zero-order valence-corrected chi connectivity index (χ0v) is 21.0. The molecule has 2 aromatic carbocycles. The monoisotopic (exact) mass is 496 g/mol. The highest BCUT2D eigenvalue weighted by molar-refractivity contribution is 7.80. The van der Waals surface area contributed by atoms with Gasteiger partial charge in [-0.15, -0.1) is 0 Å². The molecule has 0 saturated carbocycles. The molecule has 2 aliphatic heterocycles. The van der Waals surface area contributed by atoms with Gasteiger partial charge in [-0.05, 0) is 87.2 Å². The molecular weight excluding hydrogens is 463 g/mol. The molecule has 186 valence electrons. The Morgan fingerprint density at radius 3 is 2.40 bits per heavy atom. The van der Waals surface area contributed by atoms with Crippen LogP contribution in [0.1, 0.15) is 31.7 Å². The van der Waals surface area contributed by atoms with Crippen molar-refractivity contribution in [2.75, 3.05) is 37.6 Å². The largest absolute Gasteiger partial charge is 0.356 e. The summed E-state index contributed by atoms with van der Waals surface area (Å²) in [5, 5.41) is 3.15. The third kappa shape index (κ3) is 6.24. The van der Waals surface area contributed by atoms with Crippen molar-refractivity contribution in [2.45, 2.75) is 38.6 Å². The predicted octanol–water partition coefficient (Wildman–Crippen LogP) is 3.61. The molecule has 0 aliphatic carbocycles. The van der Waals surface area contributed by atoms with Gasteiger partial charge >= 0.3 is 0 Å². The van der Waals surface area contributed by atoms with Crippen LogP contribution in [0.2, 0.25) is 0 Å². The Morgan fingerprint density at radius 2 is 1.74 bits per heavy atom. The number of halogens is 1. The molecule has 0 radical (unpaired) electrons. The lowest BCUT2D eigenvalue weighted by Gasteiger charge is -2.34. The van der Waals surface area contributed by atoms with Gasteiger partial charge in [-0.1, -0.05) is 30.3 Å². The number of carbonyl (C=O) groups excluding carboxylic acids is 2. The third-order valence-electron chi connectivity index (χ3n) is 6.89. The highest BCUT2D eigenvalue weighted by Crippen LogP contribution is 2.28. The molecule has 2 saturated heterocycles. The van der Waals surface area contributed by atoms with Gasteiger partial charge in [0.1, 0.15) is 11.9 Å². The molecular formula is C27H33FN4O2S. The number of thiocarbonyl (C=S) groups is 1. The van der Waals surface area contributed by atoms with Gasteiger partial charge in [0.05, 0.1) is 12.1 Å². The van der Waals surface area contributed by atoms with Crippen molar-refractivity contribution in [3.8, 4) is 0 Å². The molecule has 0 unspecified atom stereocenters. The van der Waals surface area contributed by atoms with E-state index in [-0.39, 0.29) is 24.1 Å². The zero-order chi connectivity index (χ0) is 24.8. The van der Waals surface area contributed by atoms with Crippen LogP contribution in [0.25, 0.3) is 0 Å². The third-order valence-corrected chi connectivity index (χ3v) is 7.30. The van der Waals surface area contributed by atoms with Gasteiger partial charge in [0.25, 0.3) is 5.91 Å². The molecule has 4 rings (SSSR count). The normalized spacial score (nSPS) is 19.4. The summed E-state index contributed by atoms with van der Waals surface area (Å²) in [6.45, 7) is 5.71. The van der Waals surface area contributed by atoms with Crippen LogP contribution in [-0.2, 0) is 16.0 Å². The average molecular weight is 497 g/mol. The maximum Gasteiger partial charge on any atom is 0.256 e. The SMILES string of the molecule is CCNC(=O)C[C@@H]1C(=O)N(c2ccc(F)cc2)C(=S)N1CCN1CCC(Cc2ccccc2)CC1. The van der Waals surface area contributed by atoms with E-state index < -0.39 is 6.04 Å². The van der Waals surface area contributed by atoms with E-state index in [9.17, 15) is 14.0 Å². The molecule has 35 heavy (non-hydrogen) atoms. The minimum atomic E-state index is -0.658. The fourth-order valence-electron chi connectivity index (χ4n) is 4.97. The topological polar surface area (TPSA) is 55.9 Å². The lowest BCUT2D eigenvalue weighted by atomic mass is 9.90. The molecule has 1 N–H and O–H groups in total. The van der Waals surface area contributed by atoms with Crippen molar-refractivity contribution in [1.29, 1.82) is 0 Å². The van der Waals surface area contributed by atoms with Gasteiger partial charge in [0.15, 0.2) is 5.11 Å². The smallest absolute Gasteiger partial charge is 0.256 e. The van der Waals surface area contributed by atoms with Crippen LogP contribution in [0.4, 0.5) is 10.1 Å². The first-order chi connectivity index (χ1) is 17.0. The van der Waals surface area contributed by atoms with Gasteiger partial charge in [0.2, 0.25) is 5.91 Å². The molecule has 0 aromatic heterocycles. The van der Waals surface area contributed by atoms with E-state index in [1.807, 2.05) is 11.8 Å². The number of likely N-dealkylation sites (tertiary alicyclic amines) is 1. The number of hydrogen-bond acceptors (Lipinski definition) is 4. The molecule has 2 aromatic rings. The maximum atomic E-state index is 13.4. The van der Waals surface area contributed by atoms with Crippen LogP contribution >= 0.6 is 12.2 Å². The van der Waals surface area contributed by atoms with Crippen molar-refractivity contribution in [3.63, 3.8) is 0 Å². The van der Waals surface area contributed by atoms with Crippen LogP contribution in [0.3, 0.4) is 0 Å². The van der Waals surface area contributed by atoms with E-state index >= 15 is 0 Å². The van der Waals surface area contributed by atoms with E-state index in [1.165, 1.54) is 22.6 Å². The molecule has 1 atom stereocenters. The van der Waals surface area contributed by atoms with E-state index in [0.29, 0.717) is 29.8 Å². The first kappa shape index (κ1) is 25.3. The number of rotatable bonds is 9. The van der Waals surface area contributed by atoms with E-state index in [0.717, 1.165) is 38.9 Å². The Morgan fingerprint density at radius 1 is 1.06 bits per heavy atom. The summed E-state index contributed by atoms with van der Waals surface area (Å²) in [4.78, 5) is 31.4. The summed E-state index contributed by atoms with van der Waals surface area (Å²) in [6.07, 6.45) is 3.44. The lowest BCUT2D eigenvalue weighted by Crippen LogP contribution is -2.45. The van der Waals surface area contributed by atoms with Crippen molar-refractivity contribution >= 4 is 34.8 Å². The highest BCUT2D eigenvalue weighted by Gasteiger charge is 2.44. The molecule has 8 heteroatoms. The minimum absolute atomic E-state index is 0.0453. The predicted molar refractivity (Wildman–Crippen MR) is 140 cm³/mol. The molecule has 6 nitrogen and oxygen atoms in total. The highest BCUT2D eigenvalue weighted by atomic mass is 32.1. The first-order valence-electron chi connectivity index (χ1n) is 12.4. The molecule has 2 heterocycles. The number of carbonyl (C=O) groups is 2. The van der Waals surface area contributed by atoms with Crippen LogP contribution in [0, 0.1) is 11.7 Å². The van der Waals surface area contributed by atoms with Gasteiger partial charge in [-0.25, -0.2) is 4.39 Å². The average Bonchev–Trinajstić information content (AvgIpc) is 3.08. The summed E-state index contributed by atoms with van der Waals surface area (Å²) < 4.78 is 13.4. The van der Waals surface area contributed by atoms with Gasteiger partial charge in [-0.2, -0.15) is 0 Å². The lowest BCUT2D eigenvalue weighted by molar-refractivity contribution is -0.127. The first-order valence-corrected chi connectivity index (χ1v) is 12.8. The Bertz CT molecular complexity index is 1030. The van der Waals surface area contributed by atoms with Crippen LogP contribution in [-0.4, -0.2) is 65.5 Å². The second kappa shape index (κ2) is 11.7. The van der Waals surface area contributed by atoms with E-state index in [4.69, 9.17) is 12.2 Å². The number of nitrogens with zero attached hydrogens (tertiary/aromatic N) is 3. The minimum Gasteiger partial charge on any atom is -0.356 e. The second-order valence-corrected chi connectivity index (χ2v) is 9.64. The Kier molecular flexibility index (Phi) is 8.46. The summed E-state index contributed by atoms with van der Waals surface area (Å²) in [5.74, 6) is -0.115. The summed E-state index contributed by atoms with van der Waals surface area (Å²) in [5.41, 5.74) is 1.91. The number of hydrogen-bond donors (Lipinski definition) is 1. The molecule has 2 aliphatic rings.